The summed E-state index contributed by atoms with van der Waals surface area (Å²) >= 11 is 1.03. The molecule has 10 nitrogen and oxygen atoms in total. The summed E-state index contributed by atoms with van der Waals surface area (Å²) in [6.45, 7) is 5.59. The third kappa shape index (κ3) is 5.67. The average Bonchev–Trinajstić information content (AvgIpc) is 3.49. The molecule has 3 aromatic rings. The number of anilines is 1. The Morgan fingerprint density at radius 2 is 1.74 bits per heavy atom. The molecule has 2 N–H and O–H groups in total. The topological polar surface area (TPSA) is 127 Å². The largest absolute Gasteiger partial charge is 0.491 e. The van der Waals surface area contributed by atoms with Gasteiger partial charge >= 0.3 is 12.0 Å². The number of urea groups is 1. The minimum atomic E-state index is -1.19. The summed E-state index contributed by atoms with van der Waals surface area (Å²) < 4.78 is 10.3. The number of nitrogens with one attached hydrogen (secondary N) is 2. The number of imide groups is 1. The number of hydrogen-bond acceptors (Lipinski definition) is 8. The molecule has 0 saturated carbocycles. The van der Waals surface area contributed by atoms with Gasteiger partial charge < -0.3 is 20.1 Å². The van der Waals surface area contributed by atoms with Gasteiger partial charge in [-0.25, -0.2) is 19.5 Å². The van der Waals surface area contributed by atoms with E-state index >= 15 is 0 Å². The van der Waals surface area contributed by atoms with Crippen molar-refractivity contribution in [3.05, 3.63) is 76.8 Å². The number of ether oxygens (including phenoxy) is 2. The Kier molecular flexibility index (Phi) is 8.06. The first kappa shape index (κ1) is 26.8. The van der Waals surface area contributed by atoms with Crippen molar-refractivity contribution >= 4 is 40.3 Å². The minimum Gasteiger partial charge on any atom is -0.491 e. The molecule has 1 aliphatic heterocycles. The van der Waals surface area contributed by atoms with Gasteiger partial charge in [0.1, 0.15) is 17.8 Å². The second-order valence-corrected chi connectivity index (χ2v) is 9.85. The van der Waals surface area contributed by atoms with Gasteiger partial charge in [0.25, 0.3) is 5.91 Å². The molecule has 4 rings (SSSR count). The van der Waals surface area contributed by atoms with E-state index in [9.17, 15) is 19.2 Å². The number of carbonyl (C=O) groups is 4. The fourth-order valence-electron chi connectivity index (χ4n) is 4.21. The molecule has 2 aromatic carbocycles. The van der Waals surface area contributed by atoms with Crippen molar-refractivity contribution in [1.29, 1.82) is 0 Å². The summed E-state index contributed by atoms with van der Waals surface area (Å²) in [7, 11) is 1.23. The lowest BCUT2D eigenvalue weighted by atomic mass is 9.91. The normalized spacial score (nSPS) is 16.7. The SMILES string of the molecule is COC(=O)c1csc(NC(=O)C(C(C)c2ccccc2)N2C(=O)N[C@H](c3ccc(OC(C)C)cc3)C2=O)n1. The van der Waals surface area contributed by atoms with Crippen LogP contribution in [0.2, 0.25) is 0 Å². The molecule has 3 atom stereocenters. The molecule has 0 spiro atoms. The van der Waals surface area contributed by atoms with Gasteiger partial charge in [0.2, 0.25) is 5.91 Å². The van der Waals surface area contributed by atoms with E-state index < -0.39 is 41.8 Å². The first-order valence-corrected chi connectivity index (χ1v) is 12.9. The molecule has 1 aromatic heterocycles. The summed E-state index contributed by atoms with van der Waals surface area (Å²) in [6, 6.07) is 13.2. The third-order valence-electron chi connectivity index (χ3n) is 6.03. The highest BCUT2D eigenvalue weighted by molar-refractivity contribution is 7.14. The molecule has 1 fully saturated rings. The van der Waals surface area contributed by atoms with Gasteiger partial charge in [-0.15, -0.1) is 11.3 Å². The molecule has 38 heavy (non-hydrogen) atoms. The number of methoxy groups -OCH3 is 1. The summed E-state index contributed by atoms with van der Waals surface area (Å²) in [4.78, 5) is 57.2. The number of thiazole rings is 1. The highest BCUT2D eigenvalue weighted by atomic mass is 32.1. The highest BCUT2D eigenvalue weighted by Gasteiger charge is 2.47. The van der Waals surface area contributed by atoms with E-state index in [0.29, 0.717) is 11.3 Å². The quantitative estimate of drug-likeness (QED) is 0.311. The smallest absolute Gasteiger partial charge is 0.357 e. The predicted molar refractivity (Wildman–Crippen MR) is 141 cm³/mol. The van der Waals surface area contributed by atoms with Crippen LogP contribution in [0.15, 0.2) is 60.0 Å². The number of amides is 4. The lowest BCUT2D eigenvalue weighted by Gasteiger charge is -2.29. The van der Waals surface area contributed by atoms with Crippen LogP contribution in [0, 0.1) is 0 Å². The zero-order chi connectivity index (χ0) is 27.4. The van der Waals surface area contributed by atoms with E-state index in [2.05, 4.69) is 20.4 Å². The first-order chi connectivity index (χ1) is 18.2. The van der Waals surface area contributed by atoms with E-state index in [4.69, 9.17) is 4.74 Å². The molecule has 0 bridgehead atoms. The average molecular weight is 537 g/mol. The summed E-state index contributed by atoms with van der Waals surface area (Å²) in [5.74, 6) is -1.71. The fraction of sp³-hybridized carbons (Fsp3) is 0.296. The van der Waals surface area contributed by atoms with E-state index in [1.165, 1.54) is 12.5 Å². The van der Waals surface area contributed by atoms with Crippen molar-refractivity contribution in [1.82, 2.24) is 15.2 Å². The molecule has 0 radical (unpaired) electrons. The molecular weight excluding hydrogens is 508 g/mol. The van der Waals surface area contributed by atoms with Crippen LogP contribution in [0.1, 0.15) is 54.3 Å². The first-order valence-electron chi connectivity index (χ1n) is 12.0. The zero-order valence-corrected chi connectivity index (χ0v) is 22.2. The molecular formula is C27H28N4O6S. The maximum atomic E-state index is 13.6. The van der Waals surface area contributed by atoms with Crippen LogP contribution < -0.4 is 15.4 Å². The lowest BCUT2D eigenvalue weighted by molar-refractivity contribution is -0.134. The monoisotopic (exact) mass is 536 g/mol. The molecule has 11 heteroatoms. The molecule has 1 aliphatic rings. The number of carbonyl (C=O) groups excluding carboxylic acids is 4. The van der Waals surface area contributed by atoms with Gasteiger partial charge in [-0.3, -0.25) is 9.59 Å². The summed E-state index contributed by atoms with van der Waals surface area (Å²) in [5, 5.41) is 6.96. The van der Waals surface area contributed by atoms with Gasteiger partial charge in [-0.1, -0.05) is 49.4 Å². The maximum absolute atomic E-state index is 13.6. The minimum absolute atomic E-state index is 0.00978. The number of rotatable bonds is 9. The number of aromatic nitrogens is 1. The van der Waals surface area contributed by atoms with Crippen LogP contribution in [0.25, 0.3) is 0 Å². The Bertz CT molecular complexity index is 1320. The van der Waals surface area contributed by atoms with Gasteiger partial charge in [0.15, 0.2) is 10.8 Å². The van der Waals surface area contributed by atoms with Gasteiger partial charge in [0, 0.05) is 11.3 Å². The van der Waals surface area contributed by atoms with E-state index in [1.54, 1.807) is 31.2 Å². The Labute approximate surface area is 224 Å². The number of hydrogen-bond donors (Lipinski definition) is 2. The maximum Gasteiger partial charge on any atom is 0.357 e. The van der Waals surface area contributed by atoms with Crippen molar-refractivity contribution in [3.63, 3.8) is 0 Å². The van der Waals surface area contributed by atoms with Crippen LogP contribution in [0.4, 0.5) is 9.93 Å². The van der Waals surface area contributed by atoms with E-state index in [0.717, 1.165) is 21.8 Å². The van der Waals surface area contributed by atoms with Gasteiger partial charge in [-0.05, 0) is 37.1 Å². The molecule has 4 amide bonds. The van der Waals surface area contributed by atoms with Crippen molar-refractivity contribution < 1.29 is 28.7 Å². The van der Waals surface area contributed by atoms with Gasteiger partial charge in [-0.2, -0.15) is 0 Å². The van der Waals surface area contributed by atoms with Crippen molar-refractivity contribution in [2.45, 2.75) is 44.9 Å². The second kappa shape index (κ2) is 11.4. The van der Waals surface area contributed by atoms with Crippen LogP contribution in [0.3, 0.4) is 0 Å². The predicted octanol–water partition coefficient (Wildman–Crippen LogP) is 4.12. The fourth-order valence-corrected chi connectivity index (χ4v) is 4.89. The Balaban J connectivity index is 1.63. The van der Waals surface area contributed by atoms with Crippen LogP contribution in [0.5, 0.6) is 5.75 Å². The lowest BCUT2D eigenvalue weighted by Crippen LogP contribution is -2.50. The van der Waals surface area contributed by atoms with E-state index in [-0.39, 0.29) is 16.9 Å². The van der Waals surface area contributed by atoms with Crippen molar-refractivity contribution in [2.75, 3.05) is 12.4 Å². The van der Waals surface area contributed by atoms with Crippen LogP contribution in [-0.4, -0.2) is 53.0 Å². The third-order valence-corrected chi connectivity index (χ3v) is 6.79. The highest BCUT2D eigenvalue weighted by Crippen LogP contribution is 2.32. The Hall–Kier alpha value is -4.25. The molecule has 198 valence electrons. The van der Waals surface area contributed by atoms with Crippen LogP contribution >= 0.6 is 11.3 Å². The molecule has 2 heterocycles. The van der Waals surface area contributed by atoms with Crippen molar-refractivity contribution in [3.8, 4) is 5.75 Å². The number of esters is 1. The molecule has 0 aliphatic carbocycles. The Morgan fingerprint density at radius 1 is 1.05 bits per heavy atom. The second-order valence-electron chi connectivity index (χ2n) is 8.99. The standard InChI is InChI=1S/C27H28N4O6S/c1-15(2)37-19-12-10-18(11-13-19)21-24(33)31(27(35)29-21)22(16(3)17-8-6-5-7-9-17)23(32)30-26-28-20(14-38-26)25(34)36-4/h5-16,21-22H,1-4H3,(H,29,35)(H,28,30,32)/t16?,21-,22?/m1/s1. The van der Waals surface area contributed by atoms with Crippen molar-refractivity contribution in [2.24, 2.45) is 0 Å². The molecule has 2 unspecified atom stereocenters. The number of benzene rings is 2. The zero-order valence-electron chi connectivity index (χ0n) is 21.3. The number of nitrogens with zero attached hydrogens (tertiary/aromatic N) is 2. The van der Waals surface area contributed by atoms with E-state index in [1.807, 2.05) is 44.2 Å². The van der Waals surface area contributed by atoms with Gasteiger partial charge in [0.05, 0.1) is 13.2 Å². The Morgan fingerprint density at radius 3 is 2.37 bits per heavy atom. The molecule has 1 saturated heterocycles. The van der Waals surface area contributed by atoms with Crippen LogP contribution in [-0.2, 0) is 14.3 Å². The summed E-state index contributed by atoms with van der Waals surface area (Å²) in [6.07, 6.45) is -0.00978. The summed E-state index contributed by atoms with van der Waals surface area (Å²) in [5.41, 5.74) is 1.37.